The zero-order chi connectivity index (χ0) is 23.5. The molecule has 5 heteroatoms. The molecule has 2 aliphatic heterocycles. The third kappa shape index (κ3) is 3.58. The van der Waals surface area contributed by atoms with Crippen LogP contribution < -0.4 is 14.2 Å². The van der Waals surface area contributed by atoms with Gasteiger partial charge in [0, 0.05) is 30.0 Å². The van der Waals surface area contributed by atoms with Gasteiger partial charge in [0.15, 0.2) is 11.5 Å². The largest absolute Gasteiger partial charge is 0.492 e. The van der Waals surface area contributed by atoms with E-state index in [1.54, 1.807) is 18.3 Å². The van der Waals surface area contributed by atoms with Crippen molar-refractivity contribution in [3.63, 3.8) is 0 Å². The molecule has 0 radical (unpaired) electrons. The molecule has 2 aliphatic carbocycles. The summed E-state index contributed by atoms with van der Waals surface area (Å²) in [5, 5.41) is 0. The van der Waals surface area contributed by atoms with Crippen LogP contribution in [0.15, 0.2) is 17.2 Å². The van der Waals surface area contributed by atoms with E-state index in [4.69, 9.17) is 14.2 Å². The molecule has 0 saturated carbocycles. The number of hydrogen-bond donors (Lipinski definition) is 0. The Balaban J connectivity index is 1.48. The van der Waals surface area contributed by atoms with Crippen molar-refractivity contribution in [2.45, 2.75) is 78.7 Å². The summed E-state index contributed by atoms with van der Waals surface area (Å²) >= 11 is 0. The average Bonchev–Trinajstić information content (AvgIpc) is 3.23. The number of Topliss-reactive ketones (excluding diaryl/α,β-unsaturated/α-hetero) is 1. The summed E-state index contributed by atoms with van der Waals surface area (Å²) < 4.78 is 17.3. The summed E-state index contributed by atoms with van der Waals surface area (Å²) in [5.41, 5.74) is 5.42. The molecule has 0 fully saturated rings. The lowest BCUT2D eigenvalue weighted by Crippen LogP contribution is -2.43. The third-order valence-corrected chi connectivity index (χ3v) is 9.27. The van der Waals surface area contributed by atoms with Gasteiger partial charge in [-0.2, -0.15) is 0 Å². The van der Waals surface area contributed by atoms with Gasteiger partial charge in [-0.15, -0.1) is 0 Å². The third-order valence-electron chi connectivity index (χ3n) is 9.27. The van der Waals surface area contributed by atoms with Crippen LogP contribution in [0.1, 0.15) is 83.4 Å². The summed E-state index contributed by atoms with van der Waals surface area (Å²) in [6.45, 7) is 10.4. The first kappa shape index (κ1) is 22.8. The van der Waals surface area contributed by atoms with Crippen molar-refractivity contribution in [2.75, 3.05) is 27.5 Å². The van der Waals surface area contributed by atoms with Crippen LogP contribution in [-0.4, -0.2) is 38.2 Å². The lowest BCUT2D eigenvalue weighted by molar-refractivity contribution is -0.132. The second-order valence-electron chi connectivity index (χ2n) is 11.6. The van der Waals surface area contributed by atoms with Crippen molar-refractivity contribution >= 4 is 5.78 Å². The molecule has 0 saturated heterocycles. The molecule has 0 aromatic heterocycles. The summed E-state index contributed by atoms with van der Waals surface area (Å²) in [6.07, 6.45) is 7.13. The van der Waals surface area contributed by atoms with Gasteiger partial charge in [-0.1, -0.05) is 38.8 Å². The Morgan fingerprint density at radius 1 is 1.24 bits per heavy atom. The molecule has 180 valence electrons. The Bertz CT molecular complexity index is 1010. The number of ketones is 1. The average molecular weight is 454 g/mol. The van der Waals surface area contributed by atoms with Crippen LogP contribution in [0.4, 0.5) is 0 Å². The fraction of sp³-hybridized carbons (Fsp3) is 0.679. The van der Waals surface area contributed by atoms with Crippen LogP contribution in [0.25, 0.3) is 0 Å². The van der Waals surface area contributed by atoms with Gasteiger partial charge in [-0.05, 0) is 68.5 Å². The van der Waals surface area contributed by atoms with Crippen molar-refractivity contribution < 1.29 is 19.0 Å². The fourth-order valence-electron chi connectivity index (χ4n) is 6.82. The molecule has 1 aromatic carbocycles. The predicted molar refractivity (Wildman–Crippen MR) is 129 cm³/mol. The van der Waals surface area contributed by atoms with Crippen molar-refractivity contribution in [1.29, 1.82) is 0 Å². The fourth-order valence-corrected chi connectivity index (χ4v) is 6.82. The quantitative estimate of drug-likeness (QED) is 0.535. The maximum absolute atomic E-state index is 14.1. The zero-order valence-electron chi connectivity index (χ0n) is 21.2. The predicted octanol–water partition coefficient (Wildman–Crippen LogP) is 5.86. The van der Waals surface area contributed by atoms with Gasteiger partial charge in [0.1, 0.15) is 5.78 Å². The number of carbonyl (C=O) groups excluding carboxylic acids is 1. The maximum Gasteiger partial charge on any atom is 0.231 e. The van der Waals surface area contributed by atoms with E-state index in [9.17, 15) is 4.79 Å². The summed E-state index contributed by atoms with van der Waals surface area (Å²) in [5.74, 6) is 2.92. The smallest absolute Gasteiger partial charge is 0.231 e. The molecule has 3 atom stereocenters. The molecule has 5 nitrogen and oxygen atoms in total. The van der Waals surface area contributed by atoms with Crippen molar-refractivity contribution in [1.82, 2.24) is 4.90 Å². The molecule has 0 amide bonds. The van der Waals surface area contributed by atoms with E-state index in [0.29, 0.717) is 23.9 Å². The molecule has 0 unspecified atom stereocenters. The number of likely N-dealkylation sites (N-methyl/N-ethyl adjacent to an activating group) is 1. The minimum atomic E-state index is -0.324. The van der Waals surface area contributed by atoms with Gasteiger partial charge in [0.2, 0.25) is 12.5 Å². The van der Waals surface area contributed by atoms with E-state index in [1.807, 2.05) is 0 Å². The first-order valence-corrected chi connectivity index (χ1v) is 12.6. The molecule has 0 bridgehead atoms. The Labute approximate surface area is 198 Å². The molecule has 5 rings (SSSR count). The van der Waals surface area contributed by atoms with Crippen molar-refractivity contribution in [3.8, 4) is 17.2 Å². The Kier molecular flexibility index (Phi) is 5.55. The molecular formula is C28H39NO4. The zero-order valence-corrected chi connectivity index (χ0v) is 21.2. The number of carbonyl (C=O) groups is 1. The number of fused-ring (bicyclic) bond motifs is 2. The number of hydrogen-bond acceptors (Lipinski definition) is 5. The second kappa shape index (κ2) is 8.04. The SMILES string of the molecule is COc1c2c(cc3c1[C@H](CC(=O)[C@]1(C)CC4=C(CCCC4(C)C)C[C@@H]1C)N(C)CC3)OCO2. The molecule has 2 heterocycles. The first-order chi connectivity index (χ1) is 15.7. The van der Waals surface area contributed by atoms with E-state index in [2.05, 4.69) is 45.7 Å². The van der Waals surface area contributed by atoms with Crippen LogP contribution in [0.2, 0.25) is 0 Å². The highest BCUT2D eigenvalue weighted by Gasteiger charge is 2.48. The Morgan fingerprint density at radius 3 is 2.79 bits per heavy atom. The first-order valence-electron chi connectivity index (χ1n) is 12.6. The maximum atomic E-state index is 14.1. The van der Waals surface area contributed by atoms with Crippen molar-refractivity contribution in [3.05, 3.63) is 28.3 Å². The Morgan fingerprint density at radius 2 is 2.03 bits per heavy atom. The molecule has 33 heavy (non-hydrogen) atoms. The highest BCUT2D eigenvalue weighted by Crippen LogP contribution is 2.56. The number of nitrogens with zero attached hydrogens (tertiary/aromatic N) is 1. The number of methoxy groups -OCH3 is 1. The molecule has 4 aliphatic rings. The number of allylic oxidation sites excluding steroid dienone is 2. The highest BCUT2D eigenvalue weighted by atomic mass is 16.7. The van der Waals surface area contributed by atoms with Gasteiger partial charge in [-0.25, -0.2) is 0 Å². The van der Waals surface area contributed by atoms with E-state index >= 15 is 0 Å². The summed E-state index contributed by atoms with van der Waals surface area (Å²) in [6, 6.07) is 2.08. The van der Waals surface area contributed by atoms with E-state index in [0.717, 1.165) is 42.9 Å². The van der Waals surface area contributed by atoms with Crippen LogP contribution >= 0.6 is 0 Å². The van der Waals surface area contributed by atoms with Gasteiger partial charge in [-0.3, -0.25) is 9.69 Å². The molecule has 1 aromatic rings. The summed E-state index contributed by atoms with van der Waals surface area (Å²) in [7, 11) is 3.82. The van der Waals surface area contributed by atoms with E-state index < -0.39 is 0 Å². The van der Waals surface area contributed by atoms with Gasteiger partial charge in [0.25, 0.3) is 0 Å². The van der Waals surface area contributed by atoms with Crippen LogP contribution in [0, 0.1) is 16.7 Å². The molecular weight excluding hydrogens is 414 g/mol. The summed E-state index contributed by atoms with van der Waals surface area (Å²) in [4.78, 5) is 16.4. The number of ether oxygens (including phenoxy) is 3. The van der Waals surface area contributed by atoms with Gasteiger partial charge in [0.05, 0.1) is 7.11 Å². The van der Waals surface area contributed by atoms with Gasteiger partial charge < -0.3 is 14.2 Å². The van der Waals surface area contributed by atoms with Crippen LogP contribution in [-0.2, 0) is 11.2 Å². The lowest BCUT2D eigenvalue weighted by Gasteiger charge is -2.48. The van der Waals surface area contributed by atoms with E-state index in [-0.39, 0.29) is 23.7 Å². The minimum Gasteiger partial charge on any atom is -0.492 e. The number of rotatable bonds is 4. The minimum absolute atomic E-state index is 0.00975. The monoisotopic (exact) mass is 453 g/mol. The lowest BCUT2D eigenvalue weighted by atomic mass is 9.56. The standard InChI is InChI=1S/C28H39NO4/c1-17-12-18-8-7-10-27(2,3)20(18)15-28(17,4)23(30)14-21-24-19(9-11-29(21)5)13-22-25(26(24)31-6)33-16-32-22/h13,17,21H,7-12,14-16H2,1-6H3/t17-,21-,28+/m0/s1. The van der Waals surface area contributed by atoms with Crippen LogP contribution in [0.3, 0.4) is 0 Å². The topological polar surface area (TPSA) is 48.0 Å². The van der Waals surface area contributed by atoms with Crippen molar-refractivity contribution in [2.24, 2.45) is 16.7 Å². The van der Waals surface area contributed by atoms with E-state index in [1.165, 1.54) is 24.8 Å². The normalized spacial score (nSPS) is 30.6. The molecule has 0 N–H and O–H groups in total. The van der Waals surface area contributed by atoms with Crippen LogP contribution in [0.5, 0.6) is 17.2 Å². The second-order valence-corrected chi connectivity index (χ2v) is 11.6. The van der Waals surface area contributed by atoms with Gasteiger partial charge >= 0.3 is 0 Å². The highest BCUT2D eigenvalue weighted by molar-refractivity contribution is 5.86. The Hall–Kier alpha value is -2.01. The molecule has 0 spiro atoms. The number of benzene rings is 1.